The van der Waals surface area contributed by atoms with Crippen molar-refractivity contribution in [3.05, 3.63) is 41.5 Å². The second kappa shape index (κ2) is 7.63. The predicted molar refractivity (Wildman–Crippen MR) is 94.0 cm³/mol. The zero-order valence-electron chi connectivity index (χ0n) is 15.4. The average Bonchev–Trinajstić information content (AvgIpc) is 3.17. The molecule has 1 aliphatic rings. The number of ether oxygens (including phenoxy) is 2. The lowest BCUT2D eigenvalue weighted by Gasteiger charge is -2.31. The zero-order valence-corrected chi connectivity index (χ0v) is 15.4. The highest BCUT2D eigenvalue weighted by molar-refractivity contribution is 5.88. The molecule has 2 aromatic rings. The van der Waals surface area contributed by atoms with Crippen LogP contribution in [0, 0.1) is 11.8 Å². The predicted octanol–water partition coefficient (Wildman–Crippen LogP) is -3.64. The number of hydrogen-bond acceptors (Lipinski definition) is 11. The number of primary amides is 1. The molecule has 1 amide bonds. The Hall–Kier alpha value is -3.09. The molecule has 0 unspecified atom stereocenters. The summed E-state index contributed by atoms with van der Waals surface area (Å²) < 4.78 is 10.6. The highest BCUT2D eigenvalue weighted by atomic mass is 16.7. The van der Waals surface area contributed by atoms with E-state index in [-0.39, 0.29) is 5.82 Å². The number of aliphatic hydroxyl groups is 6. The standard InChI is InChI=1S/C17H18N4O9/c1-29-9-5-2-8(3-6-9)4-7-10-19-13(12(18)22)20-21(10)15-17(27,28)16(25,26)11(30-15)14(23)24/h2-3,5-6,11,14-15,23-28H,1H3,(H2,18,22)/t11-,15-/m1/s1. The van der Waals surface area contributed by atoms with Gasteiger partial charge in [-0.25, -0.2) is 4.68 Å². The molecule has 0 spiro atoms. The summed E-state index contributed by atoms with van der Waals surface area (Å²) >= 11 is 0. The van der Waals surface area contributed by atoms with E-state index in [0.29, 0.717) is 16.0 Å². The minimum Gasteiger partial charge on any atom is -0.497 e. The van der Waals surface area contributed by atoms with Gasteiger partial charge in [-0.1, -0.05) is 5.92 Å². The number of carbonyl (C=O) groups excluding carboxylic acids is 1. The number of methoxy groups -OCH3 is 1. The second-order valence-corrected chi connectivity index (χ2v) is 6.32. The smallest absolute Gasteiger partial charge is 0.288 e. The topological polar surface area (TPSA) is 214 Å². The summed E-state index contributed by atoms with van der Waals surface area (Å²) in [5.74, 6) is -3.25. The summed E-state index contributed by atoms with van der Waals surface area (Å²) in [7, 11) is 1.49. The molecule has 13 nitrogen and oxygen atoms in total. The van der Waals surface area contributed by atoms with Gasteiger partial charge in [-0.15, -0.1) is 5.10 Å². The molecule has 13 heteroatoms. The van der Waals surface area contributed by atoms with Crippen LogP contribution in [-0.4, -0.2) is 82.4 Å². The van der Waals surface area contributed by atoms with E-state index in [0.717, 1.165) is 0 Å². The first kappa shape index (κ1) is 21.6. The van der Waals surface area contributed by atoms with Crippen LogP contribution in [0.3, 0.4) is 0 Å². The number of amides is 1. The van der Waals surface area contributed by atoms with E-state index in [1.807, 2.05) is 0 Å². The van der Waals surface area contributed by atoms with E-state index in [9.17, 15) is 35.4 Å². The Morgan fingerprint density at radius 1 is 1.20 bits per heavy atom. The molecule has 1 saturated heterocycles. The minimum atomic E-state index is -3.52. The molecule has 0 radical (unpaired) electrons. The van der Waals surface area contributed by atoms with Crippen LogP contribution in [0.2, 0.25) is 0 Å². The van der Waals surface area contributed by atoms with Crippen molar-refractivity contribution in [3.8, 4) is 17.6 Å². The highest BCUT2D eigenvalue weighted by Crippen LogP contribution is 2.43. The number of rotatable bonds is 4. The van der Waals surface area contributed by atoms with E-state index in [4.69, 9.17) is 15.2 Å². The Kier molecular flexibility index (Phi) is 5.50. The van der Waals surface area contributed by atoms with Crippen molar-refractivity contribution in [2.75, 3.05) is 7.11 Å². The second-order valence-electron chi connectivity index (χ2n) is 6.32. The molecular formula is C17H18N4O9. The van der Waals surface area contributed by atoms with Crippen molar-refractivity contribution in [3.63, 3.8) is 0 Å². The van der Waals surface area contributed by atoms with E-state index in [1.54, 1.807) is 24.3 Å². The molecule has 2 heterocycles. The Morgan fingerprint density at radius 2 is 1.83 bits per heavy atom. The first-order valence-corrected chi connectivity index (χ1v) is 8.32. The molecule has 1 aliphatic heterocycles. The number of hydrogen-bond donors (Lipinski definition) is 7. The van der Waals surface area contributed by atoms with E-state index in [1.165, 1.54) is 7.11 Å². The van der Waals surface area contributed by atoms with Crippen molar-refractivity contribution in [1.82, 2.24) is 14.8 Å². The lowest BCUT2D eigenvalue weighted by Crippen LogP contribution is -2.60. The molecule has 2 atom stereocenters. The molecule has 3 rings (SSSR count). The number of aromatic nitrogens is 3. The molecule has 0 aliphatic carbocycles. The molecule has 0 bridgehead atoms. The van der Waals surface area contributed by atoms with Crippen LogP contribution in [0.5, 0.6) is 5.75 Å². The fourth-order valence-corrected chi connectivity index (χ4v) is 2.70. The van der Waals surface area contributed by atoms with Gasteiger partial charge in [0, 0.05) is 5.56 Å². The lowest BCUT2D eigenvalue weighted by molar-refractivity contribution is -0.363. The maximum absolute atomic E-state index is 11.5. The van der Waals surface area contributed by atoms with Gasteiger partial charge in [0.15, 0.2) is 12.4 Å². The van der Waals surface area contributed by atoms with Crippen LogP contribution in [0.25, 0.3) is 0 Å². The fraction of sp³-hybridized carbons (Fsp3) is 0.353. The van der Waals surface area contributed by atoms with Gasteiger partial charge < -0.3 is 45.8 Å². The zero-order chi connectivity index (χ0) is 22.3. The normalized spacial score (nSPS) is 21.9. The monoisotopic (exact) mass is 422 g/mol. The van der Waals surface area contributed by atoms with Gasteiger partial charge in [0.05, 0.1) is 7.11 Å². The molecule has 1 fully saturated rings. The molecule has 30 heavy (non-hydrogen) atoms. The van der Waals surface area contributed by atoms with Crippen molar-refractivity contribution in [2.45, 2.75) is 30.2 Å². The third-order valence-electron chi connectivity index (χ3n) is 4.31. The fourth-order valence-electron chi connectivity index (χ4n) is 2.70. The van der Waals surface area contributed by atoms with Crippen molar-refractivity contribution >= 4 is 5.91 Å². The molecule has 0 saturated carbocycles. The number of benzene rings is 1. The average molecular weight is 422 g/mol. The van der Waals surface area contributed by atoms with Crippen LogP contribution in [0.1, 0.15) is 28.2 Å². The Bertz CT molecular complexity index is 1000. The van der Waals surface area contributed by atoms with Gasteiger partial charge in [-0.2, -0.15) is 4.98 Å². The Morgan fingerprint density at radius 3 is 2.33 bits per heavy atom. The van der Waals surface area contributed by atoms with Crippen LogP contribution in [-0.2, 0) is 4.74 Å². The Balaban J connectivity index is 2.05. The maximum Gasteiger partial charge on any atom is 0.288 e. The van der Waals surface area contributed by atoms with Gasteiger partial charge in [0.1, 0.15) is 5.75 Å². The largest absolute Gasteiger partial charge is 0.497 e. The maximum atomic E-state index is 11.5. The van der Waals surface area contributed by atoms with Crippen LogP contribution >= 0.6 is 0 Å². The molecule has 160 valence electrons. The molecule has 1 aromatic heterocycles. The van der Waals surface area contributed by atoms with E-state index < -0.39 is 41.9 Å². The van der Waals surface area contributed by atoms with Crippen LogP contribution in [0.4, 0.5) is 0 Å². The molecular weight excluding hydrogens is 404 g/mol. The van der Waals surface area contributed by atoms with Crippen LogP contribution < -0.4 is 10.5 Å². The number of carbonyl (C=O) groups is 1. The van der Waals surface area contributed by atoms with Crippen molar-refractivity contribution < 1.29 is 44.9 Å². The van der Waals surface area contributed by atoms with Gasteiger partial charge in [0.2, 0.25) is 17.9 Å². The third kappa shape index (κ3) is 3.60. The SMILES string of the molecule is COc1ccc(C#Cc2nc(C(N)=O)nn2[C@@H]2O[C@H](C(O)O)C(O)(O)C2(O)O)cc1. The van der Waals surface area contributed by atoms with Gasteiger partial charge >= 0.3 is 0 Å². The van der Waals surface area contributed by atoms with Crippen LogP contribution in [0.15, 0.2) is 24.3 Å². The number of aliphatic hydroxyl groups excluding tert-OH is 1. The first-order chi connectivity index (χ1) is 14.0. The van der Waals surface area contributed by atoms with E-state index >= 15 is 0 Å². The summed E-state index contributed by atoms with van der Waals surface area (Å²) in [6.45, 7) is 0. The molecule has 1 aromatic carbocycles. The minimum absolute atomic E-state index is 0.360. The summed E-state index contributed by atoms with van der Waals surface area (Å²) in [4.78, 5) is 15.2. The summed E-state index contributed by atoms with van der Waals surface area (Å²) in [6, 6.07) is 6.49. The lowest BCUT2D eigenvalue weighted by atomic mass is 10.0. The quantitative estimate of drug-likeness (QED) is 0.188. The summed E-state index contributed by atoms with van der Waals surface area (Å²) in [5.41, 5.74) is 5.63. The first-order valence-electron chi connectivity index (χ1n) is 8.32. The van der Waals surface area contributed by atoms with Crippen molar-refractivity contribution in [2.24, 2.45) is 5.73 Å². The number of nitrogens with zero attached hydrogens (tertiary/aromatic N) is 3. The van der Waals surface area contributed by atoms with Gasteiger partial charge in [0.25, 0.3) is 17.5 Å². The van der Waals surface area contributed by atoms with Gasteiger partial charge in [-0.05, 0) is 30.2 Å². The third-order valence-corrected chi connectivity index (χ3v) is 4.31. The van der Waals surface area contributed by atoms with Crippen molar-refractivity contribution in [1.29, 1.82) is 0 Å². The number of nitrogens with two attached hydrogens (primary N) is 1. The van der Waals surface area contributed by atoms with Gasteiger partial charge in [-0.3, -0.25) is 4.79 Å². The highest BCUT2D eigenvalue weighted by Gasteiger charge is 2.69. The molecule has 8 N–H and O–H groups in total. The Labute approximate surface area is 168 Å². The summed E-state index contributed by atoms with van der Waals surface area (Å²) in [6.07, 6.45) is -6.90. The van der Waals surface area contributed by atoms with E-state index in [2.05, 4.69) is 21.9 Å². The summed E-state index contributed by atoms with van der Waals surface area (Å²) in [5, 5.41) is 62.5.